The Kier molecular flexibility index (Phi) is 57.3. The Morgan fingerprint density at radius 1 is 0.324 bits per heavy atom. The molecule has 5 heteroatoms. The van der Waals surface area contributed by atoms with Crippen LogP contribution in [-0.4, -0.2) is 37.9 Å². The van der Waals surface area contributed by atoms with Gasteiger partial charge in [-0.25, -0.2) is 0 Å². The van der Waals surface area contributed by atoms with Gasteiger partial charge >= 0.3 is 11.9 Å². The fraction of sp³-hybridized carbons (Fsp3) is 0.841. The predicted octanol–water partition coefficient (Wildman–Crippen LogP) is 20.7. The van der Waals surface area contributed by atoms with Gasteiger partial charge < -0.3 is 14.2 Å². The number of esters is 2. The van der Waals surface area contributed by atoms with E-state index in [2.05, 4.69) is 69.4 Å². The van der Waals surface area contributed by atoms with Crippen molar-refractivity contribution in [2.24, 2.45) is 0 Å². The van der Waals surface area contributed by atoms with Crippen LogP contribution in [0.15, 0.2) is 48.6 Å². The second kappa shape index (κ2) is 59.2. The van der Waals surface area contributed by atoms with Gasteiger partial charge in [-0.05, 0) is 83.5 Å². The van der Waals surface area contributed by atoms with Gasteiger partial charge in [0.1, 0.15) is 6.61 Å². The molecule has 0 radical (unpaired) electrons. The minimum absolute atomic E-state index is 0.0695. The molecule has 0 saturated heterocycles. The summed E-state index contributed by atoms with van der Waals surface area (Å²) in [5.74, 6) is -0.425. The van der Waals surface area contributed by atoms with Crippen LogP contribution in [0.25, 0.3) is 0 Å². The Morgan fingerprint density at radius 3 is 1.06 bits per heavy atom. The number of hydrogen-bond acceptors (Lipinski definition) is 5. The smallest absolute Gasteiger partial charge is 0.306 e. The van der Waals surface area contributed by atoms with E-state index in [9.17, 15) is 9.59 Å². The van der Waals surface area contributed by atoms with Crippen molar-refractivity contribution in [3.8, 4) is 0 Å². The molecule has 0 aliphatic heterocycles. The van der Waals surface area contributed by atoms with Crippen LogP contribution in [0.1, 0.15) is 316 Å². The molecule has 0 fully saturated rings. The van der Waals surface area contributed by atoms with Crippen molar-refractivity contribution >= 4 is 11.9 Å². The summed E-state index contributed by atoms with van der Waals surface area (Å²) < 4.78 is 17.5. The van der Waals surface area contributed by atoms with Crippen LogP contribution in [0.5, 0.6) is 0 Å². The SMILES string of the molecule is CCCCC/C=C\C/C=C\C/C=C\CCCCC(=O)OC[C@@H](COCCCCCCCCCCCCCCCCCC)OC(=O)CCCCCCCCCCCCC/C=C\CCCCCCCC. The van der Waals surface area contributed by atoms with E-state index in [1.165, 1.54) is 225 Å². The third-order valence-corrected chi connectivity index (χ3v) is 13.3. The highest BCUT2D eigenvalue weighted by Crippen LogP contribution is 2.16. The van der Waals surface area contributed by atoms with Crippen molar-refractivity contribution in [3.63, 3.8) is 0 Å². The van der Waals surface area contributed by atoms with Crippen LogP contribution in [-0.2, 0) is 23.8 Å². The summed E-state index contributed by atoms with van der Waals surface area (Å²) in [4.78, 5) is 25.5. The highest BCUT2D eigenvalue weighted by molar-refractivity contribution is 5.70. The van der Waals surface area contributed by atoms with Gasteiger partial charge in [-0.1, -0.05) is 268 Å². The van der Waals surface area contributed by atoms with E-state index in [0.717, 1.165) is 57.8 Å². The summed E-state index contributed by atoms with van der Waals surface area (Å²) in [6.45, 7) is 7.82. The maximum atomic E-state index is 12.9. The fourth-order valence-corrected chi connectivity index (χ4v) is 8.81. The van der Waals surface area contributed by atoms with Crippen molar-refractivity contribution in [1.29, 1.82) is 0 Å². The van der Waals surface area contributed by atoms with Gasteiger partial charge in [-0.3, -0.25) is 9.59 Å². The number of ether oxygens (including phenoxy) is 3. The first-order valence-electron chi connectivity index (χ1n) is 30.2. The summed E-state index contributed by atoms with van der Waals surface area (Å²) in [5.41, 5.74) is 0. The van der Waals surface area contributed by atoms with E-state index in [-0.39, 0.29) is 25.2 Å². The van der Waals surface area contributed by atoms with Crippen LogP contribution >= 0.6 is 0 Å². The summed E-state index contributed by atoms with van der Waals surface area (Å²) >= 11 is 0. The fourth-order valence-electron chi connectivity index (χ4n) is 8.81. The summed E-state index contributed by atoms with van der Waals surface area (Å²) in [6, 6.07) is 0. The second-order valence-electron chi connectivity index (χ2n) is 20.3. The molecule has 1 atom stereocenters. The molecule has 0 aromatic carbocycles. The minimum Gasteiger partial charge on any atom is -0.462 e. The zero-order valence-electron chi connectivity index (χ0n) is 45.9. The van der Waals surface area contributed by atoms with Crippen molar-refractivity contribution in [1.82, 2.24) is 0 Å². The molecule has 0 amide bonds. The van der Waals surface area contributed by atoms with E-state index >= 15 is 0 Å². The molecule has 0 aromatic heterocycles. The van der Waals surface area contributed by atoms with Gasteiger partial charge in [0.05, 0.1) is 6.61 Å². The van der Waals surface area contributed by atoms with E-state index in [1.807, 2.05) is 0 Å². The van der Waals surface area contributed by atoms with Gasteiger partial charge in [0.15, 0.2) is 6.10 Å². The van der Waals surface area contributed by atoms with Gasteiger partial charge in [0, 0.05) is 19.4 Å². The third-order valence-electron chi connectivity index (χ3n) is 13.3. The molecular weight excluding hydrogens is 837 g/mol. The number of carbonyl (C=O) groups is 2. The van der Waals surface area contributed by atoms with Crippen molar-refractivity contribution in [2.75, 3.05) is 19.8 Å². The van der Waals surface area contributed by atoms with Crippen LogP contribution in [0.4, 0.5) is 0 Å². The number of allylic oxidation sites excluding steroid dienone is 8. The van der Waals surface area contributed by atoms with E-state index in [0.29, 0.717) is 19.4 Å². The first-order chi connectivity index (χ1) is 33.6. The molecule has 0 rings (SSSR count). The molecule has 0 unspecified atom stereocenters. The largest absolute Gasteiger partial charge is 0.462 e. The van der Waals surface area contributed by atoms with Crippen molar-refractivity contribution in [2.45, 2.75) is 322 Å². The molecule has 0 heterocycles. The molecule has 0 N–H and O–H groups in total. The molecule has 68 heavy (non-hydrogen) atoms. The maximum absolute atomic E-state index is 12.9. The zero-order valence-corrected chi connectivity index (χ0v) is 45.9. The molecule has 5 nitrogen and oxygen atoms in total. The first kappa shape index (κ1) is 65.9. The van der Waals surface area contributed by atoms with Gasteiger partial charge in [0.2, 0.25) is 0 Å². The van der Waals surface area contributed by atoms with Gasteiger partial charge in [-0.2, -0.15) is 0 Å². The number of hydrogen-bond donors (Lipinski definition) is 0. The topological polar surface area (TPSA) is 61.8 Å². The Bertz CT molecular complexity index is 1120. The zero-order chi connectivity index (χ0) is 49.2. The lowest BCUT2D eigenvalue weighted by Crippen LogP contribution is -2.30. The lowest BCUT2D eigenvalue weighted by Gasteiger charge is -2.18. The Morgan fingerprint density at radius 2 is 0.618 bits per heavy atom. The Hall–Kier alpha value is -2.14. The average Bonchev–Trinajstić information content (AvgIpc) is 3.34. The lowest BCUT2D eigenvalue weighted by atomic mass is 10.0. The monoisotopic (exact) mass is 953 g/mol. The van der Waals surface area contributed by atoms with E-state index in [1.54, 1.807) is 0 Å². The number of unbranched alkanes of at least 4 members (excludes halogenated alkanes) is 37. The molecule has 398 valence electrons. The minimum atomic E-state index is -0.550. The predicted molar refractivity (Wildman–Crippen MR) is 298 cm³/mol. The maximum Gasteiger partial charge on any atom is 0.306 e. The lowest BCUT2D eigenvalue weighted by molar-refractivity contribution is -0.163. The van der Waals surface area contributed by atoms with Crippen LogP contribution < -0.4 is 0 Å². The van der Waals surface area contributed by atoms with Crippen molar-refractivity contribution in [3.05, 3.63) is 48.6 Å². The van der Waals surface area contributed by atoms with Crippen LogP contribution in [0.3, 0.4) is 0 Å². The summed E-state index contributed by atoms with van der Waals surface area (Å²) in [6.07, 6.45) is 74.3. The third kappa shape index (κ3) is 56.4. The standard InChI is InChI=1S/C63H116O5/c1-4-7-10-13-16-19-22-25-28-30-31-32-33-34-36-39-42-45-48-51-54-57-63(65)68-61(59-66-58-55-52-49-46-43-40-37-29-26-23-20-17-14-11-8-5-2)60-67-62(64)56-53-50-47-44-41-38-35-27-24-21-18-15-12-9-6-3/h18,21,25,27-28,35,41,44,61H,4-17,19-20,22-24,26,29-34,36-40,42-43,45-60H2,1-3H3/b21-18-,28-25-,35-27-,44-41-/t61-/m1/s1. The molecule has 0 spiro atoms. The normalized spacial score (nSPS) is 12.5. The average molecular weight is 954 g/mol. The molecule has 0 saturated carbocycles. The molecule has 0 aliphatic carbocycles. The summed E-state index contributed by atoms with van der Waals surface area (Å²) in [5, 5.41) is 0. The molecular formula is C63H116O5. The van der Waals surface area contributed by atoms with Gasteiger partial charge in [0.25, 0.3) is 0 Å². The second-order valence-corrected chi connectivity index (χ2v) is 20.3. The number of carbonyl (C=O) groups excluding carboxylic acids is 2. The highest BCUT2D eigenvalue weighted by atomic mass is 16.6. The highest BCUT2D eigenvalue weighted by Gasteiger charge is 2.17. The van der Waals surface area contributed by atoms with Crippen LogP contribution in [0, 0.1) is 0 Å². The Labute approximate surface area is 424 Å². The van der Waals surface area contributed by atoms with E-state index in [4.69, 9.17) is 14.2 Å². The molecule has 0 aliphatic rings. The quantitative estimate of drug-likeness (QED) is 0.0345. The Balaban J connectivity index is 4.26. The van der Waals surface area contributed by atoms with Gasteiger partial charge in [-0.15, -0.1) is 0 Å². The molecule has 0 bridgehead atoms. The van der Waals surface area contributed by atoms with E-state index < -0.39 is 6.10 Å². The first-order valence-corrected chi connectivity index (χ1v) is 30.2. The molecule has 0 aromatic rings. The van der Waals surface area contributed by atoms with Crippen molar-refractivity contribution < 1.29 is 23.8 Å². The van der Waals surface area contributed by atoms with Crippen LogP contribution in [0.2, 0.25) is 0 Å². The summed E-state index contributed by atoms with van der Waals surface area (Å²) in [7, 11) is 0. The number of rotatable bonds is 56.